The van der Waals surface area contributed by atoms with Crippen LogP contribution in [0.15, 0.2) is 61.2 Å². The number of hydrogen-bond donors (Lipinski definition) is 4. The molecule has 0 unspecified atom stereocenters. The molecule has 0 saturated carbocycles. The lowest BCUT2D eigenvalue weighted by molar-refractivity contribution is 0.101. The number of aromatic amines is 2. The number of carbonyl (C=O) groups excluding carboxylic acids is 2. The Balaban J connectivity index is 1.70. The third kappa shape index (κ3) is 3.46. The fourth-order valence-corrected chi connectivity index (χ4v) is 2.71. The fourth-order valence-electron chi connectivity index (χ4n) is 2.71. The van der Waals surface area contributed by atoms with Crippen LogP contribution in [-0.2, 0) is 0 Å². The first-order valence-electron chi connectivity index (χ1n) is 8.24. The van der Waals surface area contributed by atoms with Crippen molar-refractivity contribution in [1.82, 2.24) is 30.4 Å². The molecule has 4 N–H and O–H groups in total. The first kappa shape index (κ1) is 17.1. The Kier molecular flexibility index (Phi) is 4.58. The minimum Gasteiger partial charge on any atom is -0.291 e. The molecule has 0 atom stereocenters. The van der Waals surface area contributed by atoms with Gasteiger partial charge in [-0.1, -0.05) is 36.4 Å². The quantitative estimate of drug-likeness (QED) is 0.421. The van der Waals surface area contributed by atoms with Crippen molar-refractivity contribution in [1.29, 1.82) is 0 Å². The Morgan fingerprint density at radius 1 is 0.679 bits per heavy atom. The third-order valence-electron chi connectivity index (χ3n) is 3.93. The molecule has 0 aliphatic heterocycles. The van der Waals surface area contributed by atoms with Crippen molar-refractivity contribution in [2.75, 3.05) is 10.6 Å². The largest absolute Gasteiger partial charge is 0.291 e. The molecule has 0 aliphatic rings. The summed E-state index contributed by atoms with van der Waals surface area (Å²) in [6.45, 7) is 0. The molecule has 10 heteroatoms. The van der Waals surface area contributed by atoms with E-state index in [2.05, 4.69) is 41.0 Å². The normalized spacial score (nSPS) is 10.4. The minimum absolute atomic E-state index is 0.233. The van der Waals surface area contributed by atoms with Crippen LogP contribution in [0.25, 0.3) is 11.1 Å². The van der Waals surface area contributed by atoms with Gasteiger partial charge in [0.25, 0.3) is 11.8 Å². The number of benzene rings is 2. The van der Waals surface area contributed by atoms with Gasteiger partial charge in [0.1, 0.15) is 12.7 Å². The summed E-state index contributed by atoms with van der Waals surface area (Å²) in [6.07, 6.45) is 2.59. The van der Waals surface area contributed by atoms with Gasteiger partial charge in [0.05, 0.1) is 0 Å². The highest BCUT2D eigenvalue weighted by Gasteiger charge is 2.19. The van der Waals surface area contributed by atoms with Crippen molar-refractivity contribution in [3.63, 3.8) is 0 Å². The van der Waals surface area contributed by atoms with Gasteiger partial charge in [-0.05, 0) is 23.3 Å². The van der Waals surface area contributed by atoms with Crippen LogP contribution in [0, 0.1) is 0 Å². The minimum atomic E-state index is -0.377. The van der Waals surface area contributed by atoms with Crippen LogP contribution in [0.4, 0.5) is 11.9 Å². The van der Waals surface area contributed by atoms with E-state index in [9.17, 15) is 9.59 Å². The topological polar surface area (TPSA) is 141 Å². The molecule has 2 heterocycles. The monoisotopic (exact) mass is 374 g/mol. The molecule has 0 aliphatic carbocycles. The van der Waals surface area contributed by atoms with E-state index in [4.69, 9.17) is 0 Å². The van der Waals surface area contributed by atoms with E-state index in [1.807, 2.05) is 0 Å². The standard InChI is InChI=1S/C18H14N8O2/c27-15(23-17-19-9-21-25-17)13-7-3-1-5-11(13)12-6-2-4-8-14(12)16(28)24-18-20-10-22-26-18/h1-10H,(H2,19,21,23,25,27)(H2,20,22,24,26,28). The molecule has 2 aromatic carbocycles. The van der Waals surface area contributed by atoms with Gasteiger partial charge in [0.2, 0.25) is 11.9 Å². The average molecular weight is 374 g/mol. The van der Waals surface area contributed by atoms with Crippen molar-refractivity contribution in [3.8, 4) is 11.1 Å². The van der Waals surface area contributed by atoms with Crippen molar-refractivity contribution >= 4 is 23.7 Å². The molecule has 4 rings (SSSR count). The number of rotatable bonds is 5. The van der Waals surface area contributed by atoms with Crippen LogP contribution in [0.1, 0.15) is 20.7 Å². The van der Waals surface area contributed by atoms with Crippen molar-refractivity contribution < 1.29 is 9.59 Å². The lowest BCUT2D eigenvalue weighted by Gasteiger charge is -2.13. The molecule has 2 amide bonds. The van der Waals surface area contributed by atoms with E-state index in [0.29, 0.717) is 22.3 Å². The maximum Gasteiger partial charge on any atom is 0.258 e. The lowest BCUT2D eigenvalue weighted by atomic mass is 9.94. The molecule has 0 bridgehead atoms. The zero-order valence-corrected chi connectivity index (χ0v) is 14.4. The first-order valence-corrected chi connectivity index (χ1v) is 8.24. The predicted octanol–water partition coefficient (Wildman–Crippen LogP) is 2.09. The highest BCUT2D eigenvalue weighted by atomic mass is 16.2. The van der Waals surface area contributed by atoms with Gasteiger partial charge in [-0.15, -0.1) is 0 Å². The van der Waals surface area contributed by atoms with Gasteiger partial charge in [-0.3, -0.25) is 20.2 Å². The average Bonchev–Trinajstić information content (AvgIpc) is 3.42. The van der Waals surface area contributed by atoms with Crippen LogP contribution < -0.4 is 10.6 Å². The summed E-state index contributed by atoms with van der Waals surface area (Å²) in [6, 6.07) is 14.0. The molecular formula is C18H14N8O2. The molecule has 2 aromatic heterocycles. The summed E-state index contributed by atoms with van der Waals surface area (Å²) in [4.78, 5) is 33.2. The lowest BCUT2D eigenvalue weighted by Crippen LogP contribution is -2.16. The highest BCUT2D eigenvalue weighted by Crippen LogP contribution is 2.28. The van der Waals surface area contributed by atoms with Crippen molar-refractivity contribution in [2.24, 2.45) is 0 Å². The summed E-state index contributed by atoms with van der Waals surface area (Å²) < 4.78 is 0. The summed E-state index contributed by atoms with van der Waals surface area (Å²) >= 11 is 0. The van der Waals surface area contributed by atoms with Crippen LogP contribution in [0.2, 0.25) is 0 Å². The number of hydrogen-bond acceptors (Lipinski definition) is 6. The second-order valence-electron chi connectivity index (χ2n) is 5.67. The molecule has 0 saturated heterocycles. The Bertz CT molecular complexity index is 1020. The molecule has 4 aromatic rings. The van der Waals surface area contributed by atoms with E-state index in [-0.39, 0.29) is 23.7 Å². The zero-order valence-electron chi connectivity index (χ0n) is 14.4. The number of H-pyrrole nitrogens is 2. The third-order valence-corrected chi connectivity index (χ3v) is 3.93. The number of anilines is 2. The zero-order chi connectivity index (χ0) is 19.3. The summed E-state index contributed by atoms with van der Waals surface area (Å²) in [5.41, 5.74) is 1.98. The van der Waals surface area contributed by atoms with E-state index in [0.717, 1.165) is 0 Å². The molecule has 28 heavy (non-hydrogen) atoms. The summed E-state index contributed by atoms with van der Waals surface area (Å²) in [7, 11) is 0. The molecular weight excluding hydrogens is 360 g/mol. The molecule has 10 nitrogen and oxygen atoms in total. The second-order valence-corrected chi connectivity index (χ2v) is 5.67. The van der Waals surface area contributed by atoms with Gasteiger partial charge in [-0.2, -0.15) is 20.2 Å². The SMILES string of the molecule is O=C(Nc1ncn[nH]1)c1ccccc1-c1ccccc1C(=O)Nc1ncn[nH]1. The van der Waals surface area contributed by atoms with E-state index in [1.165, 1.54) is 12.7 Å². The second kappa shape index (κ2) is 7.50. The first-order chi connectivity index (χ1) is 13.7. The van der Waals surface area contributed by atoms with Gasteiger partial charge in [0.15, 0.2) is 0 Å². The summed E-state index contributed by atoms with van der Waals surface area (Å²) in [5, 5.41) is 17.8. The number of carbonyl (C=O) groups is 2. The number of amides is 2. The Morgan fingerprint density at radius 3 is 1.50 bits per heavy atom. The van der Waals surface area contributed by atoms with Crippen LogP contribution >= 0.6 is 0 Å². The Morgan fingerprint density at radius 2 is 1.11 bits per heavy atom. The smallest absolute Gasteiger partial charge is 0.258 e. The van der Waals surface area contributed by atoms with Gasteiger partial charge < -0.3 is 0 Å². The Labute approximate surface area is 158 Å². The van der Waals surface area contributed by atoms with E-state index in [1.54, 1.807) is 48.5 Å². The van der Waals surface area contributed by atoms with Gasteiger partial charge in [0, 0.05) is 11.1 Å². The predicted molar refractivity (Wildman–Crippen MR) is 101 cm³/mol. The Hall–Kier alpha value is -4.34. The number of aromatic nitrogens is 6. The number of nitrogens with zero attached hydrogens (tertiary/aromatic N) is 4. The molecule has 0 radical (unpaired) electrons. The van der Waals surface area contributed by atoms with E-state index < -0.39 is 0 Å². The maximum atomic E-state index is 12.7. The van der Waals surface area contributed by atoms with Crippen LogP contribution in [0.5, 0.6) is 0 Å². The van der Waals surface area contributed by atoms with Crippen molar-refractivity contribution in [3.05, 3.63) is 72.3 Å². The van der Waals surface area contributed by atoms with Crippen LogP contribution in [-0.4, -0.2) is 42.2 Å². The van der Waals surface area contributed by atoms with Gasteiger partial charge >= 0.3 is 0 Å². The molecule has 0 spiro atoms. The molecule has 138 valence electrons. The van der Waals surface area contributed by atoms with Crippen LogP contribution in [0.3, 0.4) is 0 Å². The number of nitrogens with one attached hydrogen (secondary N) is 4. The molecule has 0 fully saturated rings. The highest BCUT2D eigenvalue weighted by molar-refractivity contribution is 6.12. The van der Waals surface area contributed by atoms with Crippen molar-refractivity contribution in [2.45, 2.75) is 0 Å². The van der Waals surface area contributed by atoms with E-state index >= 15 is 0 Å². The maximum absolute atomic E-state index is 12.7. The fraction of sp³-hybridized carbons (Fsp3) is 0. The van der Waals surface area contributed by atoms with Gasteiger partial charge in [-0.25, -0.2) is 10.2 Å². The summed E-state index contributed by atoms with van der Waals surface area (Å²) in [5.74, 6) is -0.289.